The van der Waals surface area contributed by atoms with Crippen LogP contribution >= 0.6 is 12.4 Å². The molecule has 1 fully saturated rings. The summed E-state index contributed by atoms with van der Waals surface area (Å²) in [6, 6.07) is 0.0112. The fourth-order valence-corrected chi connectivity index (χ4v) is 1.84. The first-order valence-corrected chi connectivity index (χ1v) is 5.25. The summed E-state index contributed by atoms with van der Waals surface area (Å²) < 4.78 is 5.54. The van der Waals surface area contributed by atoms with E-state index in [4.69, 9.17) is 15.6 Å². The molecule has 0 saturated heterocycles. The van der Waals surface area contributed by atoms with Crippen molar-refractivity contribution >= 4 is 18.4 Å². The maximum Gasteiger partial charge on any atom is 0.306 e. The van der Waals surface area contributed by atoms with Gasteiger partial charge in [0.05, 0.1) is 12.0 Å². The van der Waals surface area contributed by atoms with Gasteiger partial charge in [-0.2, -0.15) is 0 Å². The van der Waals surface area contributed by atoms with Crippen molar-refractivity contribution in [2.75, 3.05) is 6.61 Å². The second-order valence-corrected chi connectivity index (χ2v) is 3.92. The van der Waals surface area contributed by atoms with Crippen molar-refractivity contribution in [2.24, 2.45) is 11.7 Å². The van der Waals surface area contributed by atoms with Crippen LogP contribution in [0, 0.1) is 5.92 Å². The predicted molar refractivity (Wildman–Crippen MR) is 60.2 cm³/mol. The minimum Gasteiger partial charge on any atom is -0.481 e. The van der Waals surface area contributed by atoms with Gasteiger partial charge in [0.25, 0.3) is 0 Å². The summed E-state index contributed by atoms with van der Waals surface area (Å²) in [5, 5.41) is 8.87. The van der Waals surface area contributed by atoms with E-state index >= 15 is 0 Å². The molecule has 0 bridgehead atoms. The van der Waals surface area contributed by atoms with Gasteiger partial charge < -0.3 is 15.6 Å². The summed E-state index contributed by atoms with van der Waals surface area (Å²) in [6.07, 6.45) is 2.88. The number of hydrogen-bond acceptors (Lipinski definition) is 3. The van der Waals surface area contributed by atoms with E-state index in [1.54, 1.807) is 0 Å². The van der Waals surface area contributed by atoms with E-state index in [0.29, 0.717) is 19.4 Å². The van der Waals surface area contributed by atoms with Crippen LogP contribution in [0.25, 0.3) is 0 Å². The number of rotatable bonds is 4. The number of halogens is 1. The van der Waals surface area contributed by atoms with Gasteiger partial charge in [-0.1, -0.05) is 6.92 Å². The standard InChI is InChI=1S/C10H19NO3.ClH/c1-2-5-14-9-6-7(10(12)13)3-4-8(9)11;/h7-9H,2-6,11H2,1H3,(H,12,13);1H/t7-,8+,9+;/m1./s1. The smallest absolute Gasteiger partial charge is 0.306 e. The van der Waals surface area contributed by atoms with E-state index in [1.807, 2.05) is 6.92 Å². The Morgan fingerprint density at radius 2 is 2.20 bits per heavy atom. The Labute approximate surface area is 96.6 Å². The van der Waals surface area contributed by atoms with Crippen LogP contribution in [0.5, 0.6) is 0 Å². The molecule has 0 radical (unpaired) electrons. The maximum atomic E-state index is 10.8. The first kappa shape index (κ1) is 14.7. The Bertz CT molecular complexity index is 201. The molecule has 0 aromatic heterocycles. The van der Waals surface area contributed by atoms with Gasteiger partial charge in [0.15, 0.2) is 0 Å². The van der Waals surface area contributed by atoms with Gasteiger partial charge in [0, 0.05) is 12.6 Å². The molecule has 0 aromatic carbocycles. The highest BCUT2D eigenvalue weighted by atomic mass is 35.5. The topological polar surface area (TPSA) is 72.5 Å². The molecule has 0 heterocycles. The van der Waals surface area contributed by atoms with Gasteiger partial charge in [-0.05, 0) is 25.7 Å². The molecule has 0 aromatic rings. The summed E-state index contributed by atoms with van der Waals surface area (Å²) >= 11 is 0. The van der Waals surface area contributed by atoms with Crippen molar-refractivity contribution in [1.29, 1.82) is 0 Å². The van der Waals surface area contributed by atoms with Crippen molar-refractivity contribution in [2.45, 2.75) is 44.8 Å². The first-order valence-electron chi connectivity index (χ1n) is 5.25. The molecule has 15 heavy (non-hydrogen) atoms. The number of hydrogen-bond donors (Lipinski definition) is 2. The van der Waals surface area contributed by atoms with Crippen molar-refractivity contribution in [3.8, 4) is 0 Å². The third-order valence-corrected chi connectivity index (χ3v) is 2.73. The fourth-order valence-electron chi connectivity index (χ4n) is 1.84. The molecular formula is C10H20ClNO3. The molecule has 0 spiro atoms. The molecule has 5 heteroatoms. The van der Waals surface area contributed by atoms with Crippen LogP contribution in [0.2, 0.25) is 0 Å². The molecule has 1 saturated carbocycles. The van der Waals surface area contributed by atoms with Crippen LogP contribution in [-0.2, 0) is 9.53 Å². The second-order valence-electron chi connectivity index (χ2n) is 3.92. The minimum atomic E-state index is -0.720. The monoisotopic (exact) mass is 237 g/mol. The normalized spacial score (nSPS) is 30.7. The zero-order valence-electron chi connectivity index (χ0n) is 9.02. The van der Waals surface area contributed by atoms with Crippen molar-refractivity contribution in [1.82, 2.24) is 0 Å². The zero-order chi connectivity index (χ0) is 10.6. The lowest BCUT2D eigenvalue weighted by Gasteiger charge is -2.32. The largest absolute Gasteiger partial charge is 0.481 e. The zero-order valence-corrected chi connectivity index (χ0v) is 9.83. The van der Waals surface area contributed by atoms with Crippen molar-refractivity contribution in [3.05, 3.63) is 0 Å². The SMILES string of the molecule is CCCO[C@H]1C[C@H](C(=O)O)CC[C@@H]1N.Cl. The average molecular weight is 238 g/mol. The van der Waals surface area contributed by atoms with Gasteiger partial charge in [-0.25, -0.2) is 0 Å². The Morgan fingerprint density at radius 3 is 2.73 bits per heavy atom. The van der Waals surface area contributed by atoms with Crippen LogP contribution in [0.4, 0.5) is 0 Å². The number of carbonyl (C=O) groups is 1. The third kappa shape index (κ3) is 4.36. The van der Waals surface area contributed by atoms with Gasteiger partial charge in [-0.15, -0.1) is 12.4 Å². The summed E-state index contributed by atoms with van der Waals surface area (Å²) in [7, 11) is 0. The van der Waals surface area contributed by atoms with E-state index in [9.17, 15) is 4.79 Å². The second kappa shape index (κ2) is 7.04. The lowest BCUT2D eigenvalue weighted by molar-refractivity contribution is -0.145. The lowest BCUT2D eigenvalue weighted by atomic mass is 9.84. The highest BCUT2D eigenvalue weighted by Crippen LogP contribution is 2.25. The molecule has 0 aliphatic heterocycles. The highest BCUT2D eigenvalue weighted by Gasteiger charge is 2.32. The quantitative estimate of drug-likeness (QED) is 0.776. The van der Waals surface area contributed by atoms with Crippen LogP contribution in [0.1, 0.15) is 32.6 Å². The van der Waals surface area contributed by atoms with E-state index < -0.39 is 5.97 Å². The molecule has 0 unspecified atom stereocenters. The molecule has 1 aliphatic rings. The lowest BCUT2D eigenvalue weighted by Crippen LogP contribution is -2.43. The van der Waals surface area contributed by atoms with E-state index in [-0.39, 0.29) is 30.5 Å². The number of aliphatic carboxylic acids is 1. The van der Waals surface area contributed by atoms with Gasteiger partial charge >= 0.3 is 5.97 Å². The fraction of sp³-hybridized carbons (Fsp3) is 0.900. The molecule has 1 rings (SSSR count). The summed E-state index contributed by atoms with van der Waals surface area (Å²) in [5.41, 5.74) is 5.86. The minimum absolute atomic E-state index is 0. The van der Waals surface area contributed by atoms with Crippen LogP contribution < -0.4 is 5.73 Å². The Kier molecular flexibility index (Phi) is 6.89. The molecule has 4 nitrogen and oxygen atoms in total. The summed E-state index contributed by atoms with van der Waals surface area (Å²) in [4.78, 5) is 10.8. The Balaban J connectivity index is 0.00000196. The highest BCUT2D eigenvalue weighted by molar-refractivity contribution is 5.85. The number of nitrogens with two attached hydrogens (primary N) is 1. The van der Waals surface area contributed by atoms with Gasteiger partial charge in [0.2, 0.25) is 0 Å². The van der Waals surface area contributed by atoms with E-state index in [1.165, 1.54) is 0 Å². The van der Waals surface area contributed by atoms with Crippen LogP contribution in [0.3, 0.4) is 0 Å². The van der Waals surface area contributed by atoms with E-state index in [0.717, 1.165) is 12.8 Å². The van der Waals surface area contributed by atoms with E-state index in [2.05, 4.69) is 0 Å². The molecular weight excluding hydrogens is 218 g/mol. The van der Waals surface area contributed by atoms with Crippen LogP contribution in [-0.4, -0.2) is 29.8 Å². The first-order chi connectivity index (χ1) is 6.65. The third-order valence-electron chi connectivity index (χ3n) is 2.73. The molecule has 3 atom stereocenters. The Hall–Kier alpha value is -0.320. The molecule has 3 N–H and O–H groups in total. The Morgan fingerprint density at radius 1 is 1.53 bits per heavy atom. The maximum absolute atomic E-state index is 10.8. The number of carboxylic acids is 1. The van der Waals surface area contributed by atoms with Crippen LogP contribution in [0.15, 0.2) is 0 Å². The predicted octanol–water partition coefficient (Wildman–Crippen LogP) is 1.42. The van der Waals surface area contributed by atoms with Gasteiger partial charge in [-0.3, -0.25) is 4.79 Å². The number of carboxylic acid groups (broad SMARTS) is 1. The summed E-state index contributed by atoms with van der Waals surface area (Å²) in [5.74, 6) is -0.987. The molecule has 90 valence electrons. The summed E-state index contributed by atoms with van der Waals surface area (Å²) in [6.45, 7) is 2.70. The van der Waals surface area contributed by atoms with Gasteiger partial charge in [0.1, 0.15) is 0 Å². The molecule has 1 aliphatic carbocycles. The van der Waals surface area contributed by atoms with Crippen molar-refractivity contribution in [3.63, 3.8) is 0 Å². The van der Waals surface area contributed by atoms with Crippen molar-refractivity contribution < 1.29 is 14.6 Å². The average Bonchev–Trinajstić information content (AvgIpc) is 2.16. The number of ether oxygens (including phenoxy) is 1. The molecule has 0 amide bonds.